The van der Waals surface area contributed by atoms with Gasteiger partial charge in [-0.05, 0) is 51.7 Å². The maximum atomic E-state index is 5.57. The van der Waals surface area contributed by atoms with Crippen LogP contribution in [-0.2, 0) is 11.3 Å². The van der Waals surface area contributed by atoms with Gasteiger partial charge in [0.05, 0.1) is 12.3 Å². The quantitative estimate of drug-likeness (QED) is 0.905. The Morgan fingerprint density at radius 1 is 1.43 bits per heavy atom. The molecule has 1 atom stereocenters. The summed E-state index contributed by atoms with van der Waals surface area (Å²) in [5.74, 6) is 0.646. The minimum absolute atomic E-state index is 0.114. The number of nitrogens with zero attached hydrogens (tertiary/aromatic N) is 2. The lowest BCUT2D eigenvalue weighted by Crippen LogP contribution is -2.35. The van der Waals surface area contributed by atoms with Crippen molar-refractivity contribution in [1.29, 1.82) is 0 Å². The highest BCUT2D eigenvalue weighted by Gasteiger charge is 2.16. The van der Waals surface area contributed by atoms with E-state index in [9.17, 15) is 0 Å². The van der Waals surface area contributed by atoms with Crippen molar-refractivity contribution in [1.82, 2.24) is 10.3 Å². The second kappa shape index (κ2) is 7.23. The van der Waals surface area contributed by atoms with Gasteiger partial charge in [-0.2, -0.15) is 0 Å². The number of ether oxygens (including phenoxy) is 1. The molecule has 2 heterocycles. The first-order chi connectivity index (χ1) is 9.94. The predicted octanol–water partition coefficient (Wildman–Crippen LogP) is 2.83. The molecule has 0 aliphatic carbocycles. The number of hydrogen-bond acceptors (Lipinski definition) is 4. The Bertz CT molecular complexity index is 436. The molecule has 1 N–H and O–H groups in total. The SMILES string of the molecule is CN(CC1CCCOC1)c1ccnc(CNC(C)(C)C)c1. The highest BCUT2D eigenvalue weighted by atomic mass is 16.5. The fraction of sp³-hybridized carbons (Fsp3) is 0.706. The van der Waals surface area contributed by atoms with Crippen molar-refractivity contribution in [3.05, 3.63) is 24.0 Å². The summed E-state index contributed by atoms with van der Waals surface area (Å²) in [4.78, 5) is 6.78. The third kappa shape index (κ3) is 5.64. The lowest BCUT2D eigenvalue weighted by molar-refractivity contribution is 0.0576. The minimum Gasteiger partial charge on any atom is -0.381 e. The van der Waals surface area contributed by atoms with E-state index < -0.39 is 0 Å². The Morgan fingerprint density at radius 2 is 2.24 bits per heavy atom. The Balaban J connectivity index is 1.92. The number of rotatable bonds is 5. The topological polar surface area (TPSA) is 37.4 Å². The molecule has 1 aliphatic rings. The van der Waals surface area contributed by atoms with E-state index in [1.54, 1.807) is 0 Å². The predicted molar refractivity (Wildman–Crippen MR) is 87.6 cm³/mol. The summed E-state index contributed by atoms with van der Waals surface area (Å²) < 4.78 is 5.57. The number of pyridine rings is 1. The van der Waals surface area contributed by atoms with Gasteiger partial charge in [0.1, 0.15) is 0 Å². The van der Waals surface area contributed by atoms with Crippen molar-refractivity contribution in [2.45, 2.75) is 45.7 Å². The Kier molecular flexibility index (Phi) is 5.59. The van der Waals surface area contributed by atoms with E-state index >= 15 is 0 Å². The molecular formula is C17H29N3O. The van der Waals surface area contributed by atoms with Crippen LogP contribution in [0.1, 0.15) is 39.3 Å². The summed E-state index contributed by atoms with van der Waals surface area (Å²) >= 11 is 0. The monoisotopic (exact) mass is 291 g/mol. The molecule has 1 aromatic rings. The van der Waals surface area contributed by atoms with Gasteiger partial charge in [0.2, 0.25) is 0 Å². The maximum Gasteiger partial charge on any atom is 0.0562 e. The largest absolute Gasteiger partial charge is 0.381 e. The summed E-state index contributed by atoms with van der Waals surface area (Å²) in [5.41, 5.74) is 2.44. The highest BCUT2D eigenvalue weighted by molar-refractivity contribution is 5.45. The first kappa shape index (κ1) is 16.2. The van der Waals surface area contributed by atoms with E-state index in [4.69, 9.17) is 4.74 Å². The Morgan fingerprint density at radius 3 is 2.90 bits per heavy atom. The molecule has 4 heteroatoms. The molecule has 0 bridgehead atoms. The zero-order valence-electron chi connectivity index (χ0n) is 13.9. The normalized spacial score (nSPS) is 19.5. The van der Waals surface area contributed by atoms with Crippen LogP contribution in [0.2, 0.25) is 0 Å². The van der Waals surface area contributed by atoms with Crippen LogP contribution in [0.5, 0.6) is 0 Å². The van der Waals surface area contributed by atoms with Gasteiger partial charge in [0.15, 0.2) is 0 Å². The van der Waals surface area contributed by atoms with Gasteiger partial charge in [-0.25, -0.2) is 0 Å². The zero-order valence-corrected chi connectivity index (χ0v) is 13.9. The third-order valence-electron chi connectivity index (χ3n) is 3.83. The van der Waals surface area contributed by atoms with Crippen LogP contribution >= 0.6 is 0 Å². The number of anilines is 1. The third-order valence-corrected chi connectivity index (χ3v) is 3.83. The second-order valence-corrected chi connectivity index (χ2v) is 7.07. The van der Waals surface area contributed by atoms with Crippen LogP contribution in [-0.4, -0.2) is 37.3 Å². The Labute approximate surface area is 128 Å². The van der Waals surface area contributed by atoms with Crippen molar-refractivity contribution in [2.75, 3.05) is 31.7 Å². The fourth-order valence-electron chi connectivity index (χ4n) is 2.60. The lowest BCUT2D eigenvalue weighted by atomic mass is 10.0. The van der Waals surface area contributed by atoms with E-state index in [1.165, 1.54) is 18.5 Å². The Hall–Kier alpha value is -1.13. The zero-order chi connectivity index (χ0) is 15.3. The van der Waals surface area contributed by atoms with E-state index in [2.05, 4.69) is 55.2 Å². The molecule has 0 spiro atoms. The summed E-state index contributed by atoms with van der Waals surface area (Å²) in [6.07, 6.45) is 4.37. The number of nitrogens with one attached hydrogen (secondary N) is 1. The first-order valence-corrected chi connectivity index (χ1v) is 7.93. The van der Waals surface area contributed by atoms with E-state index in [1.807, 2.05) is 6.20 Å². The van der Waals surface area contributed by atoms with Crippen LogP contribution in [0.3, 0.4) is 0 Å². The molecule has 1 saturated heterocycles. The smallest absolute Gasteiger partial charge is 0.0562 e. The van der Waals surface area contributed by atoms with E-state index in [0.717, 1.165) is 32.0 Å². The van der Waals surface area contributed by atoms with Crippen LogP contribution in [0, 0.1) is 5.92 Å². The second-order valence-electron chi connectivity index (χ2n) is 7.07. The van der Waals surface area contributed by atoms with Gasteiger partial charge in [0.25, 0.3) is 0 Å². The minimum atomic E-state index is 0.114. The molecule has 1 aromatic heterocycles. The average Bonchev–Trinajstić information content (AvgIpc) is 2.46. The summed E-state index contributed by atoms with van der Waals surface area (Å²) in [6.45, 7) is 10.2. The van der Waals surface area contributed by atoms with Gasteiger partial charge in [-0.15, -0.1) is 0 Å². The van der Waals surface area contributed by atoms with Crippen molar-refractivity contribution < 1.29 is 4.74 Å². The van der Waals surface area contributed by atoms with Crippen LogP contribution < -0.4 is 10.2 Å². The molecule has 1 unspecified atom stereocenters. The summed E-state index contributed by atoms with van der Waals surface area (Å²) in [6, 6.07) is 4.27. The molecular weight excluding hydrogens is 262 g/mol. The van der Waals surface area contributed by atoms with Crippen LogP contribution in [0.15, 0.2) is 18.3 Å². The van der Waals surface area contributed by atoms with Crippen LogP contribution in [0.4, 0.5) is 5.69 Å². The lowest BCUT2D eigenvalue weighted by Gasteiger charge is -2.28. The van der Waals surface area contributed by atoms with Crippen molar-refractivity contribution in [3.8, 4) is 0 Å². The van der Waals surface area contributed by atoms with Crippen LogP contribution in [0.25, 0.3) is 0 Å². The van der Waals surface area contributed by atoms with Gasteiger partial charge >= 0.3 is 0 Å². The van der Waals surface area contributed by atoms with E-state index in [0.29, 0.717) is 5.92 Å². The van der Waals surface area contributed by atoms with Crippen molar-refractivity contribution in [3.63, 3.8) is 0 Å². The molecule has 2 rings (SSSR count). The van der Waals surface area contributed by atoms with Crippen molar-refractivity contribution >= 4 is 5.69 Å². The molecule has 21 heavy (non-hydrogen) atoms. The number of hydrogen-bond donors (Lipinski definition) is 1. The molecule has 4 nitrogen and oxygen atoms in total. The van der Waals surface area contributed by atoms with Gasteiger partial charge in [-0.1, -0.05) is 0 Å². The van der Waals surface area contributed by atoms with Crippen molar-refractivity contribution in [2.24, 2.45) is 5.92 Å². The summed E-state index contributed by atoms with van der Waals surface area (Å²) in [5, 5.41) is 3.48. The van der Waals surface area contributed by atoms with E-state index in [-0.39, 0.29) is 5.54 Å². The summed E-state index contributed by atoms with van der Waals surface area (Å²) in [7, 11) is 2.16. The highest BCUT2D eigenvalue weighted by Crippen LogP contribution is 2.19. The molecule has 0 radical (unpaired) electrons. The van der Waals surface area contributed by atoms with Gasteiger partial charge < -0.3 is 15.0 Å². The molecule has 1 fully saturated rings. The first-order valence-electron chi connectivity index (χ1n) is 7.93. The van der Waals surface area contributed by atoms with Gasteiger partial charge in [-0.3, -0.25) is 4.98 Å². The molecule has 0 aromatic carbocycles. The fourth-order valence-corrected chi connectivity index (χ4v) is 2.60. The maximum absolute atomic E-state index is 5.57. The average molecular weight is 291 g/mol. The molecule has 0 amide bonds. The molecule has 1 aliphatic heterocycles. The molecule has 0 saturated carbocycles. The number of aromatic nitrogens is 1. The molecule has 118 valence electrons. The van der Waals surface area contributed by atoms with Gasteiger partial charge in [0, 0.05) is 44.2 Å². The standard InChI is InChI=1S/C17H29N3O/c1-17(2,3)19-11-15-10-16(7-8-18-15)20(4)12-14-6-5-9-21-13-14/h7-8,10,14,19H,5-6,9,11-13H2,1-4H3.